The fourth-order valence-corrected chi connectivity index (χ4v) is 3.98. The summed E-state index contributed by atoms with van der Waals surface area (Å²) in [5, 5.41) is 0.258. The minimum Gasteiger partial charge on any atom is -0.332 e. The van der Waals surface area contributed by atoms with Gasteiger partial charge < -0.3 is 9.80 Å². The Kier molecular flexibility index (Phi) is 5.50. The normalized spacial score (nSPS) is 14.9. The molecule has 30 heavy (non-hydrogen) atoms. The maximum Gasteiger partial charge on any atom is 0.336 e. The van der Waals surface area contributed by atoms with Gasteiger partial charge in [-0.15, -0.1) is 0 Å². The van der Waals surface area contributed by atoms with Gasteiger partial charge in [-0.25, -0.2) is 13.8 Å². The standard InChI is InChI=1S/C22H23FN4O3/c1-2-24-11-13-25(14-12-24)20(28)15-26-18-9-5-3-7-16(18)21(29)27(22(26)30)19-10-6-4-8-17(19)23/h3-10H,2,11-15H2,1H3/p+1. The summed E-state index contributed by atoms with van der Waals surface area (Å²) in [6.45, 7) is 5.92. The Labute approximate surface area is 172 Å². The van der Waals surface area contributed by atoms with Gasteiger partial charge in [0.15, 0.2) is 0 Å². The molecule has 2 aromatic carbocycles. The fourth-order valence-electron chi connectivity index (χ4n) is 3.98. The maximum atomic E-state index is 14.4. The maximum absolute atomic E-state index is 14.4. The molecule has 4 rings (SSSR count). The van der Waals surface area contributed by atoms with E-state index in [1.54, 1.807) is 35.2 Å². The van der Waals surface area contributed by atoms with Crippen LogP contribution in [0, 0.1) is 5.82 Å². The number of carbonyl (C=O) groups is 1. The summed E-state index contributed by atoms with van der Waals surface area (Å²) in [5.74, 6) is -0.861. The molecule has 3 aromatic rings. The van der Waals surface area contributed by atoms with E-state index >= 15 is 0 Å². The molecular weight excluding hydrogens is 387 g/mol. The number of rotatable bonds is 4. The Morgan fingerprint density at radius 2 is 1.70 bits per heavy atom. The van der Waals surface area contributed by atoms with Crippen molar-refractivity contribution in [2.75, 3.05) is 32.7 Å². The number of hydrogen-bond acceptors (Lipinski definition) is 3. The lowest BCUT2D eigenvalue weighted by atomic mass is 10.2. The monoisotopic (exact) mass is 411 g/mol. The van der Waals surface area contributed by atoms with E-state index in [0.29, 0.717) is 18.6 Å². The molecule has 0 unspecified atom stereocenters. The van der Waals surface area contributed by atoms with Crippen LogP contribution in [0.25, 0.3) is 16.6 Å². The number of benzene rings is 2. The Balaban J connectivity index is 1.80. The van der Waals surface area contributed by atoms with Gasteiger partial charge in [0, 0.05) is 0 Å². The van der Waals surface area contributed by atoms with Crippen molar-refractivity contribution in [2.24, 2.45) is 0 Å². The van der Waals surface area contributed by atoms with Crippen molar-refractivity contribution in [2.45, 2.75) is 13.5 Å². The second kappa shape index (κ2) is 8.23. The number of likely N-dealkylation sites (N-methyl/N-ethyl adjacent to an activating group) is 1. The zero-order valence-electron chi connectivity index (χ0n) is 16.8. The van der Waals surface area contributed by atoms with Crippen LogP contribution in [-0.4, -0.2) is 52.7 Å². The number of nitrogens with one attached hydrogen (secondary N) is 1. The first kappa shape index (κ1) is 20.0. The second-order valence-electron chi connectivity index (χ2n) is 7.46. The first-order valence-electron chi connectivity index (χ1n) is 10.1. The van der Waals surface area contributed by atoms with Gasteiger partial charge >= 0.3 is 5.69 Å². The number of aromatic nitrogens is 2. The summed E-state index contributed by atoms with van der Waals surface area (Å²) < 4.78 is 16.5. The third kappa shape index (κ3) is 3.54. The molecule has 0 aliphatic carbocycles. The number of quaternary nitrogens is 1. The van der Waals surface area contributed by atoms with Crippen molar-refractivity contribution >= 4 is 16.8 Å². The number of carbonyl (C=O) groups excluding carboxylic acids is 1. The summed E-state index contributed by atoms with van der Waals surface area (Å²) in [7, 11) is 0. The van der Waals surface area contributed by atoms with Crippen LogP contribution in [-0.2, 0) is 11.3 Å². The van der Waals surface area contributed by atoms with Crippen LogP contribution in [0.2, 0.25) is 0 Å². The van der Waals surface area contributed by atoms with Gasteiger partial charge in [-0.2, -0.15) is 0 Å². The molecule has 0 bridgehead atoms. The lowest BCUT2D eigenvalue weighted by Crippen LogP contribution is -3.14. The summed E-state index contributed by atoms with van der Waals surface area (Å²) in [6, 6.07) is 12.2. The summed E-state index contributed by atoms with van der Waals surface area (Å²) in [6.07, 6.45) is 0. The van der Waals surface area contributed by atoms with Crippen molar-refractivity contribution in [3.8, 4) is 5.69 Å². The Hall–Kier alpha value is -3.26. The zero-order valence-corrected chi connectivity index (χ0v) is 16.8. The minimum atomic E-state index is -0.727. The van der Waals surface area contributed by atoms with Crippen molar-refractivity contribution in [1.29, 1.82) is 0 Å². The van der Waals surface area contributed by atoms with Gasteiger partial charge in [0.25, 0.3) is 5.56 Å². The average Bonchev–Trinajstić information content (AvgIpc) is 2.78. The number of para-hydroxylation sites is 2. The lowest BCUT2D eigenvalue weighted by molar-refractivity contribution is -0.902. The Bertz CT molecular complexity index is 1210. The third-order valence-electron chi connectivity index (χ3n) is 5.76. The van der Waals surface area contributed by atoms with Gasteiger partial charge in [0.05, 0.1) is 49.3 Å². The average molecular weight is 411 g/mol. The van der Waals surface area contributed by atoms with Crippen LogP contribution >= 0.6 is 0 Å². The predicted octanol–water partition coefficient (Wildman–Crippen LogP) is 0.0385. The third-order valence-corrected chi connectivity index (χ3v) is 5.76. The molecule has 0 atom stereocenters. The predicted molar refractivity (Wildman–Crippen MR) is 112 cm³/mol. The Morgan fingerprint density at radius 3 is 2.40 bits per heavy atom. The molecule has 0 saturated carbocycles. The molecular formula is C22H24FN4O3+. The molecule has 1 aliphatic rings. The number of piperazine rings is 1. The van der Waals surface area contributed by atoms with Crippen molar-refractivity contribution in [1.82, 2.24) is 14.0 Å². The molecule has 1 aromatic heterocycles. The molecule has 1 fully saturated rings. The highest BCUT2D eigenvalue weighted by Crippen LogP contribution is 2.13. The van der Waals surface area contributed by atoms with Crippen LogP contribution in [0.3, 0.4) is 0 Å². The molecule has 1 N–H and O–H groups in total. The lowest BCUT2D eigenvalue weighted by Gasteiger charge is -2.31. The quantitative estimate of drug-likeness (QED) is 0.659. The van der Waals surface area contributed by atoms with Gasteiger partial charge in [-0.3, -0.25) is 14.2 Å². The molecule has 0 spiro atoms. The van der Waals surface area contributed by atoms with E-state index in [2.05, 4.69) is 6.92 Å². The molecule has 2 heterocycles. The highest BCUT2D eigenvalue weighted by molar-refractivity contribution is 5.82. The van der Waals surface area contributed by atoms with Crippen LogP contribution in [0.15, 0.2) is 58.1 Å². The largest absolute Gasteiger partial charge is 0.336 e. The van der Waals surface area contributed by atoms with Crippen LogP contribution < -0.4 is 16.1 Å². The van der Waals surface area contributed by atoms with E-state index in [0.717, 1.165) is 24.2 Å². The molecule has 1 amide bonds. The van der Waals surface area contributed by atoms with E-state index in [1.807, 2.05) is 0 Å². The number of halogens is 1. The summed E-state index contributed by atoms with van der Waals surface area (Å²) in [4.78, 5) is 42.4. The summed E-state index contributed by atoms with van der Waals surface area (Å²) >= 11 is 0. The SMILES string of the molecule is CC[NH+]1CCN(C(=O)Cn2c(=O)n(-c3ccccc3F)c(=O)c3ccccc32)CC1. The van der Waals surface area contributed by atoms with Gasteiger partial charge in [0.2, 0.25) is 5.91 Å². The van der Waals surface area contributed by atoms with Crippen LogP contribution in [0.1, 0.15) is 6.92 Å². The highest BCUT2D eigenvalue weighted by Gasteiger charge is 2.24. The molecule has 1 aliphatic heterocycles. The molecule has 7 nitrogen and oxygen atoms in total. The smallest absolute Gasteiger partial charge is 0.332 e. The van der Waals surface area contributed by atoms with Gasteiger partial charge in [-0.05, 0) is 31.2 Å². The Morgan fingerprint density at radius 1 is 1.03 bits per heavy atom. The first-order chi connectivity index (χ1) is 14.5. The topological polar surface area (TPSA) is 68.8 Å². The number of nitrogens with zero attached hydrogens (tertiary/aromatic N) is 3. The first-order valence-corrected chi connectivity index (χ1v) is 10.1. The van der Waals surface area contributed by atoms with Crippen LogP contribution in [0.4, 0.5) is 4.39 Å². The van der Waals surface area contributed by atoms with Crippen LogP contribution in [0.5, 0.6) is 0 Å². The van der Waals surface area contributed by atoms with Crippen molar-refractivity contribution < 1.29 is 14.1 Å². The fraction of sp³-hybridized carbons (Fsp3) is 0.318. The molecule has 8 heteroatoms. The minimum absolute atomic E-state index is 0.125. The molecule has 0 radical (unpaired) electrons. The number of hydrogen-bond donors (Lipinski definition) is 1. The van der Waals surface area contributed by atoms with E-state index < -0.39 is 17.1 Å². The summed E-state index contributed by atoms with van der Waals surface area (Å²) in [5.41, 5.74) is -1.09. The molecule has 156 valence electrons. The zero-order chi connectivity index (χ0) is 21.3. The van der Waals surface area contributed by atoms with E-state index in [9.17, 15) is 18.8 Å². The van der Waals surface area contributed by atoms with Gasteiger partial charge in [-0.1, -0.05) is 24.3 Å². The number of amides is 1. The van der Waals surface area contributed by atoms with Crippen molar-refractivity contribution in [3.05, 3.63) is 75.2 Å². The molecule has 1 saturated heterocycles. The number of fused-ring (bicyclic) bond motifs is 1. The van der Waals surface area contributed by atoms with E-state index in [4.69, 9.17) is 0 Å². The van der Waals surface area contributed by atoms with Gasteiger partial charge in [0.1, 0.15) is 12.4 Å². The van der Waals surface area contributed by atoms with E-state index in [-0.39, 0.29) is 23.5 Å². The second-order valence-corrected chi connectivity index (χ2v) is 7.46. The highest BCUT2D eigenvalue weighted by atomic mass is 19.1. The van der Waals surface area contributed by atoms with Crippen molar-refractivity contribution in [3.63, 3.8) is 0 Å². The van der Waals surface area contributed by atoms with E-state index in [1.165, 1.54) is 27.7 Å².